The van der Waals surface area contributed by atoms with Gasteiger partial charge in [-0.1, -0.05) is 13.8 Å². The summed E-state index contributed by atoms with van der Waals surface area (Å²) in [6, 6.07) is 0. The number of hydrogen-bond donors (Lipinski definition) is 2. The number of hydrogen-bond acceptors (Lipinski definition) is 6. The number of sulfone groups is 1. The van der Waals surface area contributed by atoms with Crippen LogP contribution in [-0.4, -0.2) is 41.3 Å². The number of nitrogen functional groups attached to an aromatic ring is 1. The maximum atomic E-state index is 12.3. The Hall–Kier alpha value is -1.70. The highest BCUT2D eigenvalue weighted by atomic mass is 32.2. The van der Waals surface area contributed by atoms with Crippen LogP contribution in [0.15, 0.2) is 6.20 Å². The van der Waals surface area contributed by atoms with Gasteiger partial charge >= 0.3 is 0 Å². The Morgan fingerprint density at radius 3 is 2.67 bits per heavy atom. The molecular formula is C13H20N4O3S. The van der Waals surface area contributed by atoms with E-state index in [2.05, 4.69) is 15.3 Å². The van der Waals surface area contributed by atoms with Crippen molar-refractivity contribution in [1.29, 1.82) is 0 Å². The van der Waals surface area contributed by atoms with E-state index in [-0.39, 0.29) is 28.8 Å². The maximum Gasteiger partial charge on any atom is 0.272 e. The van der Waals surface area contributed by atoms with E-state index in [9.17, 15) is 13.2 Å². The van der Waals surface area contributed by atoms with E-state index in [0.717, 1.165) is 0 Å². The molecule has 8 heteroatoms. The van der Waals surface area contributed by atoms with Crippen LogP contribution in [0.1, 0.15) is 49.4 Å². The highest BCUT2D eigenvalue weighted by Gasteiger charge is 2.40. The fourth-order valence-electron chi connectivity index (χ4n) is 2.31. The number of nitrogens with two attached hydrogens (primary N) is 1. The van der Waals surface area contributed by atoms with E-state index in [0.29, 0.717) is 12.2 Å². The van der Waals surface area contributed by atoms with Crippen molar-refractivity contribution in [2.45, 2.75) is 38.6 Å². The minimum Gasteiger partial charge on any atom is -0.396 e. The van der Waals surface area contributed by atoms with E-state index >= 15 is 0 Å². The van der Waals surface area contributed by atoms with Crippen LogP contribution in [-0.2, 0) is 9.84 Å². The molecule has 1 saturated heterocycles. The average Bonchev–Trinajstić information content (AvgIpc) is 2.63. The lowest BCUT2D eigenvalue weighted by Crippen LogP contribution is -2.47. The number of nitrogens with zero attached hydrogens (tertiary/aromatic N) is 2. The van der Waals surface area contributed by atoms with Gasteiger partial charge in [-0.15, -0.1) is 0 Å². The second-order valence-corrected chi connectivity index (χ2v) is 8.23. The SMILES string of the molecule is CC(C)c1ncc(N)c(C(=O)NC2(C)CCS(=O)(=O)C2)n1. The zero-order valence-corrected chi connectivity index (χ0v) is 13.2. The lowest BCUT2D eigenvalue weighted by atomic mass is 10.0. The molecule has 0 bridgehead atoms. The van der Waals surface area contributed by atoms with Gasteiger partial charge in [0.25, 0.3) is 5.91 Å². The van der Waals surface area contributed by atoms with Gasteiger partial charge in [0.15, 0.2) is 15.5 Å². The largest absolute Gasteiger partial charge is 0.396 e. The van der Waals surface area contributed by atoms with Crippen molar-refractivity contribution >= 4 is 21.4 Å². The van der Waals surface area contributed by atoms with Gasteiger partial charge in [0.2, 0.25) is 0 Å². The van der Waals surface area contributed by atoms with Crippen LogP contribution in [0.2, 0.25) is 0 Å². The van der Waals surface area contributed by atoms with Crippen molar-refractivity contribution < 1.29 is 13.2 Å². The summed E-state index contributed by atoms with van der Waals surface area (Å²) in [5, 5.41) is 2.75. The van der Waals surface area contributed by atoms with Crippen molar-refractivity contribution in [3.8, 4) is 0 Å². The average molecular weight is 312 g/mol. The van der Waals surface area contributed by atoms with Crippen LogP contribution in [0.5, 0.6) is 0 Å². The molecule has 0 saturated carbocycles. The monoisotopic (exact) mass is 312 g/mol. The first-order valence-electron chi connectivity index (χ1n) is 6.77. The fraction of sp³-hybridized carbons (Fsp3) is 0.615. The molecule has 1 aromatic heterocycles. The molecule has 0 radical (unpaired) electrons. The lowest BCUT2D eigenvalue weighted by molar-refractivity contribution is 0.0910. The molecule has 1 unspecified atom stereocenters. The van der Waals surface area contributed by atoms with Crippen molar-refractivity contribution in [1.82, 2.24) is 15.3 Å². The molecule has 2 heterocycles. The first-order valence-corrected chi connectivity index (χ1v) is 8.59. The molecule has 1 aromatic rings. The zero-order chi connectivity index (χ0) is 15.8. The summed E-state index contributed by atoms with van der Waals surface area (Å²) in [4.78, 5) is 20.6. The number of nitrogens with one attached hydrogen (secondary N) is 1. The Morgan fingerprint density at radius 1 is 1.48 bits per heavy atom. The van der Waals surface area contributed by atoms with Crippen molar-refractivity contribution in [2.75, 3.05) is 17.2 Å². The van der Waals surface area contributed by atoms with E-state index in [4.69, 9.17) is 5.73 Å². The molecule has 1 fully saturated rings. The standard InChI is InChI=1S/C13H20N4O3S/c1-8(2)11-15-6-9(14)10(16-11)12(18)17-13(3)4-5-21(19,20)7-13/h6,8H,4-5,7,14H2,1-3H3,(H,17,18). The number of aromatic nitrogens is 2. The van der Waals surface area contributed by atoms with Gasteiger partial charge < -0.3 is 11.1 Å². The number of anilines is 1. The molecule has 21 heavy (non-hydrogen) atoms. The molecule has 1 aliphatic rings. The van der Waals surface area contributed by atoms with E-state index in [1.54, 1.807) is 6.92 Å². The van der Waals surface area contributed by atoms with Gasteiger partial charge in [-0.25, -0.2) is 18.4 Å². The first-order chi connectivity index (χ1) is 9.62. The van der Waals surface area contributed by atoms with E-state index in [1.807, 2.05) is 13.8 Å². The number of carbonyl (C=O) groups is 1. The maximum absolute atomic E-state index is 12.3. The predicted octanol–water partition coefficient (Wildman–Crippen LogP) is 0.489. The Balaban J connectivity index is 2.23. The van der Waals surface area contributed by atoms with Crippen LogP contribution in [0, 0.1) is 0 Å². The molecular weight excluding hydrogens is 292 g/mol. The lowest BCUT2D eigenvalue weighted by Gasteiger charge is -2.24. The summed E-state index contributed by atoms with van der Waals surface area (Å²) in [5.41, 5.74) is 5.26. The second kappa shape index (κ2) is 5.25. The minimum atomic E-state index is -3.09. The quantitative estimate of drug-likeness (QED) is 0.839. The van der Waals surface area contributed by atoms with Crippen LogP contribution >= 0.6 is 0 Å². The van der Waals surface area contributed by atoms with Gasteiger partial charge in [-0.2, -0.15) is 0 Å². The van der Waals surface area contributed by atoms with Crippen molar-refractivity contribution in [3.05, 3.63) is 17.7 Å². The topological polar surface area (TPSA) is 115 Å². The summed E-state index contributed by atoms with van der Waals surface area (Å²) in [6.45, 7) is 5.55. The van der Waals surface area contributed by atoms with Crippen LogP contribution in [0.4, 0.5) is 5.69 Å². The molecule has 2 rings (SSSR count). The molecule has 0 spiro atoms. The highest BCUT2D eigenvalue weighted by molar-refractivity contribution is 7.91. The highest BCUT2D eigenvalue weighted by Crippen LogP contribution is 2.24. The Labute approximate surface area is 124 Å². The minimum absolute atomic E-state index is 0.0617. The molecule has 7 nitrogen and oxygen atoms in total. The molecule has 0 aliphatic carbocycles. The van der Waals surface area contributed by atoms with Crippen LogP contribution < -0.4 is 11.1 Å². The van der Waals surface area contributed by atoms with Crippen LogP contribution in [0.3, 0.4) is 0 Å². The van der Waals surface area contributed by atoms with Crippen molar-refractivity contribution in [3.63, 3.8) is 0 Å². The van der Waals surface area contributed by atoms with Crippen LogP contribution in [0.25, 0.3) is 0 Å². The Bertz CT molecular complexity index is 672. The molecule has 1 atom stereocenters. The summed E-state index contributed by atoms with van der Waals surface area (Å²) in [7, 11) is -3.09. The third-order valence-electron chi connectivity index (χ3n) is 3.49. The molecule has 1 aliphatic heterocycles. The summed E-state index contributed by atoms with van der Waals surface area (Å²) < 4.78 is 23.1. The number of rotatable bonds is 3. The molecule has 1 amide bonds. The van der Waals surface area contributed by atoms with Gasteiger partial charge in [-0.05, 0) is 13.3 Å². The fourth-order valence-corrected chi connectivity index (χ4v) is 4.40. The Kier molecular flexibility index (Phi) is 3.92. The van der Waals surface area contributed by atoms with Crippen molar-refractivity contribution in [2.24, 2.45) is 0 Å². The summed E-state index contributed by atoms with van der Waals surface area (Å²) >= 11 is 0. The second-order valence-electron chi connectivity index (χ2n) is 6.04. The third-order valence-corrected chi connectivity index (χ3v) is 5.39. The summed E-state index contributed by atoms with van der Waals surface area (Å²) in [6.07, 6.45) is 1.80. The molecule has 0 aromatic carbocycles. The third kappa shape index (κ3) is 3.49. The first kappa shape index (κ1) is 15.7. The van der Waals surface area contributed by atoms with Gasteiger partial charge in [-0.3, -0.25) is 4.79 Å². The predicted molar refractivity (Wildman–Crippen MR) is 79.7 cm³/mol. The number of amides is 1. The van der Waals surface area contributed by atoms with Gasteiger partial charge in [0.1, 0.15) is 5.82 Å². The van der Waals surface area contributed by atoms with E-state index in [1.165, 1.54) is 6.20 Å². The smallest absolute Gasteiger partial charge is 0.272 e. The normalized spacial score (nSPS) is 24.2. The Morgan fingerprint density at radius 2 is 2.14 bits per heavy atom. The summed E-state index contributed by atoms with van der Waals surface area (Å²) in [5.74, 6) is 0.156. The van der Waals surface area contributed by atoms with E-state index < -0.39 is 21.3 Å². The van der Waals surface area contributed by atoms with Gasteiger partial charge in [0, 0.05) is 5.92 Å². The zero-order valence-electron chi connectivity index (χ0n) is 12.4. The number of carbonyl (C=O) groups excluding carboxylic acids is 1. The molecule has 3 N–H and O–H groups in total. The molecule has 116 valence electrons. The van der Waals surface area contributed by atoms with Gasteiger partial charge in [0.05, 0.1) is 28.9 Å².